The third-order valence-corrected chi connectivity index (χ3v) is 3.22. The minimum absolute atomic E-state index is 0.0128. The van der Waals surface area contributed by atoms with Gasteiger partial charge in [0.1, 0.15) is 11.5 Å². The zero-order chi connectivity index (χ0) is 14.7. The third-order valence-electron chi connectivity index (χ3n) is 2.69. The summed E-state index contributed by atoms with van der Waals surface area (Å²) in [6.07, 6.45) is 0. The molecule has 0 amide bonds. The Bertz CT molecular complexity index is 672. The molecular formula is C14H12Cl2N2O2. The molecule has 0 heterocycles. The van der Waals surface area contributed by atoms with Crippen LogP contribution >= 0.6 is 23.2 Å². The molecule has 0 aliphatic rings. The van der Waals surface area contributed by atoms with Crippen molar-refractivity contribution in [1.82, 2.24) is 0 Å². The summed E-state index contributed by atoms with van der Waals surface area (Å²) in [4.78, 5) is 0. The second-order valence-electron chi connectivity index (χ2n) is 4.14. The SMILES string of the molecule is Cc1cc(Cl)ccc1Oc1ccc(C(N)=NO)cc1Cl. The van der Waals surface area contributed by atoms with Crippen molar-refractivity contribution in [3.05, 3.63) is 57.6 Å². The zero-order valence-electron chi connectivity index (χ0n) is 10.6. The van der Waals surface area contributed by atoms with Gasteiger partial charge < -0.3 is 15.7 Å². The van der Waals surface area contributed by atoms with E-state index in [1.807, 2.05) is 6.92 Å². The lowest BCUT2D eigenvalue weighted by Crippen LogP contribution is -2.12. The van der Waals surface area contributed by atoms with Crippen LogP contribution < -0.4 is 10.5 Å². The van der Waals surface area contributed by atoms with Crippen molar-refractivity contribution >= 4 is 29.0 Å². The molecule has 0 saturated carbocycles. The number of hydrogen-bond acceptors (Lipinski definition) is 3. The smallest absolute Gasteiger partial charge is 0.170 e. The van der Waals surface area contributed by atoms with Crippen molar-refractivity contribution in [3.8, 4) is 11.5 Å². The van der Waals surface area contributed by atoms with E-state index >= 15 is 0 Å². The van der Waals surface area contributed by atoms with Gasteiger partial charge in [-0.2, -0.15) is 0 Å². The summed E-state index contributed by atoms with van der Waals surface area (Å²) in [5.41, 5.74) is 6.90. The summed E-state index contributed by atoms with van der Waals surface area (Å²) in [6, 6.07) is 10.2. The maximum absolute atomic E-state index is 8.62. The molecule has 0 atom stereocenters. The molecule has 6 heteroatoms. The van der Waals surface area contributed by atoms with Crippen molar-refractivity contribution in [2.75, 3.05) is 0 Å². The minimum Gasteiger partial charge on any atom is -0.456 e. The first kappa shape index (κ1) is 14.5. The fourth-order valence-corrected chi connectivity index (χ4v) is 2.09. The second-order valence-corrected chi connectivity index (χ2v) is 4.99. The molecule has 2 aromatic rings. The summed E-state index contributed by atoms with van der Waals surface area (Å²) in [7, 11) is 0. The van der Waals surface area contributed by atoms with Gasteiger partial charge in [-0.1, -0.05) is 28.4 Å². The van der Waals surface area contributed by atoms with Gasteiger partial charge in [0.15, 0.2) is 5.84 Å². The van der Waals surface area contributed by atoms with Crippen molar-refractivity contribution < 1.29 is 9.94 Å². The maximum Gasteiger partial charge on any atom is 0.170 e. The van der Waals surface area contributed by atoms with Crippen molar-refractivity contribution in [1.29, 1.82) is 0 Å². The van der Waals surface area contributed by atoms with E-state index in [-0.39, 0.29) is 5.84 Å². The lowest BCUT2D eigenvalue weighted by molar-refractivity contribution is 0.318. The predicted molar refractivity (Wildman–Crippen MR) is 80.2 cm³/mol. The highest BCUT2D eigenvalue weighted by atomic mass is 35.5. The molecule has 0 unspecified atom stereocenters. The fraction of sp³-hybridized carbons (Fsp3) is 0.0714. The second kappa shape index (κ2) is 6.03. The lowest BCUT2D eigenvalue weighted by atomic mass is 10.2. The number of hydrogen-bond donors (Lipinski definition) is 2. The highest BCUT2D eigenvalue weighted by Gasteiger charge is 2.08. The largest absolute Gasteiger partial charge is 0.456 e. The summed E-state index contributed by atoms with van der Waals surface area (Å²) >= 11 is 12.0. The van der Waals surface area contributed by atoms with E-state index in [9.17, 15) is 0 Å². The Morgan fingerprint density at radius 2 is 1.85 bits per heavy atom. The van der Waals surface area contributed by atoms with Gasteiger partial charge in [-0.15, -0.1) is 0 Å². The van der Waals surface area contributed by atoms with Crippen LogP contribution in [0.25, 0.3) is 0 Å². The standard InChI is InChI=1S/C14H12Cl2N2O2/c1-8-6-10(15)3-5-12(8)20-13-4-2-9(7-11(13)16)14(17)18-19/h2-7,19H,1H3,(H2,17,18). The molecule has 3 N–H and O–H groups in total. The number of nitrogens with zero attached hydrogens (tertiary/aromatic N) is 1. The minimum atomic E-state index is -0.0128. The zero-order valence-corrected chi connectivity index (χ0v) is 12.1. The number of rotatable bonds is 3. The Morgan fingerprint density at radius 1 is 1.15 bits per heavy atom. The van der Waals surface area contributed by atoms with Gasteiger partial charge in [0.05, 0.1) is 5.02 Å². The highest BCUT2D eigenvalue weighted by molar-refractivity contribution is 6.32. The summed E-state index contributed by atoms with van der Waals surface area (Å²) in [5, 5.41) is 12.5. The van der Waals surface area contributed by atoms with E-state index in [4.69, 9.17) is 38.9 Å². The molecule has 0 spiro atoms. The van der Waals surface area contributed by atoms with Crippen LogP contribution in [-0.4, -0.2) is 11.0 Å². The topological polar surface area (TPSA) is 67.8 Å². The lowest BCUT2D eigenvalue weighted by Gasteiger charge is -2.11. The van der Waals surface area contributed by atoms with Gasteiger partial charge in [-0.05, 0) is 48.9 Å². The summed E-state index contributed by atoms with van der Waals surface area (Å²) < 4.78 is 5.73. The van der Waals surface area contributed by atoms with Gasteiger partial charge in [-0.3, -0.25) is 0 Å². The van der Waals surface area contributed by atoms with Crippen LogP contribution in [0.2, 0.25) is 10.0 Å². The molecule has 2 rings (SSSR count). The predicted octanol–water partition coefficient (Wildman–Crippen LogP) is 4.19. The molecule has 0 saturated heterocycles. The van der Waals surface area contributed by atoms with E-state index in [0.717, 1.165) is 5.56 Å². The first-order valence-corrected chi connectivity index (χ1v) is 6.48. The van der Waals surface area contributed by atoms with Crippen molar-refractivity contribution in [2.24, 2.45) is 10.9 Å². The average molecular weight is 311 g/mol. The number of ether oxygens (including phenoxy) is 1. The molecule has 0 aliphatic carbocycles. The molecule has 0 bridgehead atoms. The number of benzene rings is 2. The molecule has 0 aliphatic heterocycles. The van der Waals surface area contributed by atoms with Crippen molar-refractivity contribution in [2.45, 2.75) is 6.92 Å². The molecule has 104 valence electrons. The number of oxime groups is 1. The molecular weight excluding hydrogens is 299 g/mol. The van der Waals surface area contributed by atoms with E-state index in [0.29, 0.717) is 27.1 Å². The molecule has 0 aromatic heterocycles. The van der Waals surface area contributed by atoms with E-state index < -0.39 is 0 Å². The highest BCUT2D eigenvalue weighted by Crippen LogP contribution is 2.32. The van der Waals surface area contributed by atoms with Crippen LogP contribution in [0, 0.1) is 6.92 Å². The van der Waals surface area contributed by atoms with Gasteiger partial charge in [0.25, 0.3) is 0 Å². The van der Waals surface area contributed by atoms with Gasteiger partial charge in [-0.25, -0.2) is 0 Å². The fourth-order valence-electron chi connectivity index (χ4n) is 1.65. The molecule has 4 nitrogen and oxygen atoms in total. The molecule has 2 aromatic carbocycles. The Hall–Kier alpha value is -1.91. The number of amidine groups is 1. The first-order valence-electron chi connectivity index (χ1n) is 5.72. The Balaban J connectivity index is 2.30. The van der Waals surface area contributed by atoms with E-state index in [1.165, 1.54) is 0 Å². The molecule has 20 heavy (non-hydrogen) atoms. The third kappa shape index (κ3) is 3.15. The van der Waals surface area contributed by atoms with Crippen LogP contribution in [0.4, 0.5) is 0 Å². The van der Waals surface area contributed by atoms with Gasteiger partial charge in [0, 0.05) is 10.6 Å². The first-order chi connectivity index (χ1) is 9.51. The normalized spacial score (nSPS) is 11.4. The van der Waals surface area contributed by atoms with Crippen LogP contribution in [-0.2, 0) is 0 Å². The molecule has 0 fully saturated rings. The van der Waals surface area contributed by atoms with Crippen LogP contribution in [0.5, 0.6) is 11.5 Å². The Morgan fingerprint density at radius 3 is 2.45 bits per heavy atom. The van der Waals surface area contributed by atoms with E-state index in [2.05, 4.69) is 5.16 Å². The van der Waals surface area contributed by atoms with Crippen LogP contribution in [0.3, 0.4) is 0 Å². The Labute approximate surface area is 126 Å². The summed E-state index contributed by atoms with van der Waals surface area (Å²) in [6.45, 7) is 1.89. The quantitative estimate of drug-likeness (QED) is 0.386. The number of aryl methyl sites for hydroxylation is 1. The number of nitrogens with two attached hydrogens (primary N) is 1. The number of halogens is 2. The monoisotopic (exact) mass is 310 g/mol. The van der Waals surface area contributed by atoms with Gasteiger partial charge in [0.2, 0.25) is 0 Å². The maximum atomic E-state index is 8.62. The van der Waals surface area contributed by atoms with Gasteiger partial charge >= 0.3 is 0 Å². The van der Waals surface area contributed by atoms with Crippen LogP contribution in [0.15, 0.2) is 41.6 Å². The molecule has 0 radical (unpaired) electrons. The Kier molecular flexibility index (Phi) is 4.37. The summed E-state index contributed by atoms with van der Waals surface area (Å²) in [5.74, 6) is 1.13. The van der Waals surface area contributed by atoms with E-state index in [1.54, 1.807) is 36.4 Å². The van der Waals surface area contributed by atoms with Crippen LogP contribution in [0.1, 0.15) is 11.1 Å². The van der Waals surface area contributed by atoms with Crippen molar-refractivity contribution in [3.63, 3.8) is 0 Å². The average Bonchev–Trinajstić information content (AvgIpc) is 2.42.